The molecule has 0 heterocycles. The fourth-order valence-corrected chi connectivity index (χ4v) is 1.83. The van der Waals surface area contributed by atoms with Crippen molar-refractivity contribution in [2.45, 2.75) is 32.6 Å². The summed E-state index contributed by atoms with van der Waals surface area (Å²) in [5.41, 5.74) is 2.17. The zero-order chi connectivity index (χ0) is 9.84. The predicted molar refractivity (Wildman–Crippen MR) is 58.5 cm³/mol. The molecular formula is C12H21N. The zero-order valence-corrected chi connectivity index (χ0v) is 8.90. The molecule has 0 spiro atoms. The topological polar surface area (TPSA) is 12.0 Å². The van der Waals surface area contributed by atoms with Gasteiger partial charge in [-0.3, -0.25) is 0 Å². The van der Waals surface area contributed by atoms with E-state index >= 15 is 0 Å². The van der Waals surface area contributed by atoms with Crippen molar-refractivity contribution in [1.29, 1.82) is 0 Å². The van der Waals surface area contributed by atoms with Gasteiger partial charge < -0.3 is 5.32 Å². The number of hydrogen-bond donors (Lipinski definition) is 1. The van der Waals surface area contributed by atoms with Gasteiger partial charge in [-0.2, -0.15) is 0 Å². The van der Waals surface area contributed by atoms with Crippen LogP contribution in [-0.4, -0.2) is 7.05 Å². The van der Waals surface area contributed by atoms with Gasteiger partial charge in [0.2, 0.25) is 0 Å². The van der Waals surface area contributed by atoms with Gasteiger partial charge in [0.15, 0.2) is 0 Å². The smallest absolute Gasteiger partial charge is 0.0293 e. The highest BCUT2D eigenvalue weighted by Gasteiger charge is 2.21. The first kappa shape index (κ1) is 10.4. The summed E-state index contributed by atoms with van der Waals surface area (Å²) in [5, 5.41) is 3.06. The maximum Gasteiger partial charge on any atom is 0.0293 e. The van der Waals surface area contributed by atoms with Gasteiger partial charge in [0.1, 0.15) is 0 Å². The largest absolute Gasteiger partial charge is 0.388 e. The Bertz CT molecular complexity index is 201. The number of allylic oxidation sites excluding steroid dienone is 1. The molecule has 1 heteroatoms. The van der Waals surface area contributed by atoms with E-state index in [1.165, 1.54) is 31.3 Å². The van der Waals surface area contributed by atoms with E-state index in [9.17, 15) is 0 Å². The standard InChI is InChI=1S/C12H21N/c1-9(8-12-6-5-7-12)10(2)11(3)13-4/h9,12-13H,2-3,5-8H2,1,4H3. The van der Waals surface area contributed by atoms with Gasteiger partial charge >= 0.3 is 0 Å². The SMILES string of the molecule is C=C(NC)C(=C)C(C)CC1CCC1. The van der Waals surface area contributed by atoms with Crippen LogP contribution in [0, 0.1) is 11.8 Å². The van der Waals surface area contributed by atoms with Crippen LogP contribution in [-0.2, 0) is 0 Å². The summed E-state index contributed by atoms with van der Waals surface area (Å²) in [4.78, 5) is 0. The van der Waals surface area contributed by atoms with Crippen molar-refractivity contribution in [1.82, 2.24) is 5.32 Å². The van der Waals surface area contributed by atoms with Gasteiger partial charge in [-0.15, -0.1) is 0 Å². The highest BCUT2D eigenvalue weighted by atomic mass is 14.8. The maximum atomic E-state index is 4.07. The Balaban J connectivity index is 2.32. The van der Waals surface area contributed by atoms with Crippen LogP contribution in [0.15, 0.2) is 24.4 Å². The Morgan fingerprint density at radius 1 is 1.46 bits per heavy atom. The minimum atomic E-state index is 0.588. The van der Waals surface area contributed by atoms with Crippen LogP contribution < -0.4 is 5.32 Å². The summed E-state index contributed by atoms with van der Waals surface area (Å²) < 4.78 is 0. The van der Waals surface area contributed by atoms with E-state index in [2.05, 4.69) is 25.4 Å². The van der Waals surface area contributed by atoms with Crippen LogP contribution in [0.5, 0.6) is 0 Å². The first-order chi connectivity index (χ1) is 6.15. The number of likely N-dealkylation sites (N-methyl/N-ethyl adjacent to an activating group) is 1. The van der Waals surface area contributed by atoms with Gasteiger partial charge in [0, 0.05) is 12.7 Å². The summed E-state index contributed by atoms with van der Waals surface area (Å²) in [6.07, 6.45) is 5.56. The Hall–Kier alpha value is -0.720. The van der Waals surface area contributed by atoms with Gasteiger partial charge in [-0.25, -0.2) is 0 Å². The van der Waals surface area contributed by atoms with E-state index in [4.69, 9.17) is 0 Å². The average molecular weight is 179 g/mol. The molecule has 0 aromatic rings. The molecule has 0 amide bonds. The molecule has 74 valence electrons. The highest BCUT2D eigenvalue weighted by molar-refractivity contribution is 5.25. The third-order valence-corrected chi connectivity index (χ3v) is 3.20. The van der Waals surface area contributed by atoms with E-state index in [0.29, 0.717) is 5.92 Å². The van der Waals surface area contributed by atoms with Gasteiger partial charge in [0.05, 0.1) is 0 Å². The van der Waals surface area contributed by atoms with Crippen molar-refractivity contribution >= 4 is 0 Å². The van der Waals surface area contributed by atoms with Gasteiger partial charge in [-0.05, 0) is 23.8 Å². The van der Waals surface area contributed by atoms with Crippen molar-refractivity contribution in [3.05, 3.63) is 24.4 Å². The molecule has 0 aromatic heterocycles. The molecule has 1 aliphatic rings. The van der Waals surface area contributed by atoms with Crippen LogP contribution in [0.3, 0.4) is 0 Å². The van der Waals surface area contributed by atoms with E-state index < -0.39 is 0 Å². The number of hydrogen-bond acceptors (Lipinski definition) is 1. The molecule has 1 N–H and O–H groups in total. The number of nitrogens with one attached hydrogen (secondary N) is 1. The lowest BCUT2D eigenvalue weighted by molar-refractivity contribution is 0.270. The summed E-state index contributed by atoms with van der Waals surface area (Å²) in [6, 6.07) is 0. The van der Waals surface area contributed by atoms with Crippen molar-refractivity contribution < 1.29 is 0 Å². The molecule has 1 atom stereocenters. The fourth-order valence-electron chi connectivity index (χ4n) is 1.83. The third-order valence-electron chi connectivity index (χ3n) is 3.20. The maximum absolute atomic E-state index is 4.07. The molecule has 1 nitrogen and oxygen atoms in total. The molecule has 1 aliphatic carbocycles. The van der Waals surface area contributed by atoms with E-state index in [-0.39, 0.29) is 0 Å². The predicted octanol–water partition coefficient (Wildman–Crippen LogP) is 3.10. The normalized spacial score (nSPS) is 18.9. The lowest BCUT2D eigenvalue weighted by Gasteiger charge is -2.29. The second-order valence-electron chi connectivity index (χ2n) is 4.19. The minimum Gasteiger partial charge on any atom is -0.388 e. The Labute approximate surface area is 81.9 Å². The number of rotatable bonds is 5. The van der Waals surface area contributed by atoms with Crippen LogP contribution >= 0.6 is 0 Å². The van der Waals surface area contributed by atoms with E-state index in [1.807, 2.05) is 7.05 Å². The highest BCUT2D eigenvalue weighted by Crippen LogP contribution is 2.34. The average Bonchev–Trinajstić information content (AvgIpc) is 2.08. The molecule has 13 heavy (non-hydrogen) atoms. The molecule has 0 bridgehead atoms. The molecule has 0 saturated heterocycles. The summed E-state index contributed by atoms with van der Waals surface area (Å²) in [7, 11) is 1.91. The van der Waals surface area contributed by atoms with Crippen molar-refractivity contribution in [3.8, 4) is 0 Å². The summed E-state index contributed by atoms with van der Waals surface area (Å²) >= 11 is 0. The summed E-state index contributed by atoms with van der Waals surface area (Å²) in [5.74, 6) is 1.54. The lowest BCUT2D eigenvalue weighted by atomic mass is 9.77. The first-order valence-electron chi connectivity index (χ1n) is 5.21. The Morgan fingerprint density at radius 2 is 2.08 bits per heavy atom. The molecule has 1 rings (SSSR count). The molecular weight excluding hydrogens is 158 g/mol. The van der Waals surface area contributed by atoms with E-state index in [0.717, 1.165) is 11.6 Å². The van der Waals surface area contributed by atoms with Crippen LogP contribution in [0.4, 0.5) is 0 Å². The minimum absolute atomic E-state index is 0.588. The van der Waals surface area contributed by atoms with Gasteiger partial charge in [0.25, 0.3) is 0 Å². The van der Waals surface area contributed by atoms with Crippen LogP contribution in [0.2, 0.25) is 0 Å². The third kappa shape index (κ3) is 2.61. The van der Waals surface area contributed by atoms with Crippen LogP contribution in [0.1, 0.15) is 32.6 Å². The fraction of sp³-hybridized carbons (Fsp3) is 0.667. The Kier molecular flexibility index (Phi) is 3.58. The molecule has 1 fully saturated rings. The van der Waals surface area contributed by atoms with Gasteiger partial charge in [-0.1, -0.05) is 39.3 Å². The van der Waals surface area contributed by atoms with Crippen molar-refractivity contribution in [2.75, 3.05) is 7.05 Å². The molecule has 0 radical (unpaired) electrons. The second kappa shape index (κ2) is 4.50. The first-order valence-corrected chi connectivity index (χ1v) is 5.21. The molecule has 1 saturated carbocycles. The molecule has 0 aromatic carbocycles. The van der Waals surface area contributed by atoms with Crippen molar-refractivity contribution in [2.24, 2.45) is 11.8 Å². The quantitative estimate of drug-likeness (QED) is 0.639. The molecule has 0 aliphatic heterocycles. The zero-order valence-electron chi connectivity index (χ0n) is 8.90. The van der Waals surface area contributed by atoms with Crippen LogP contribution in [0.25, 0.3) is 0 Å². The van der Waals surface area contributed by atoms with E-state index in [1.54, 1.807) is 0 Å². The van der Waals surface area contributed by atoms with Crippen molar-refractivity contribution in [3.63, 3.8) is 0 Å². The Morgan fingerprint density at radius 3 is 2.46 bits per heavy atom. The second-order valence-corrected chi connectivity index (χ2v) is 4.19. The lowest BCUT2D eigenvalue weighted by Crippen LogP contribution is -2.18. The monoisotopic (exact) mass is 179 g/mol. The summed E-state index contributed by atoms with van der Waals surface area (Å²) in [6.45, 7) is 10.3. The molecule has 1 unspecified atom stereocenters.